The second-order valence-corrected chi connectivity index (χ2v) is 5.70. The van der Waals surface area contributed by atoms with Crippen LogP contribution in [0.3, 0.4) is 0 Å². The molecule has 2 aromatic rings. The fourth-order valence-electron chi connectivity index (χ4n) is 1.97. The van der Waals surface area contributed by atoms with E-state index in [-0.39, 0.29) is 0 Å². The standard InChI is InChI=1S/C15H17N3S/c1-12(9-14-6-4-8-19-14)18(2)11-13-5-3-7-17-15(13)10-16/h3-8,12H,9,11H2,1-2H3. The van der Waals surface area contributed by atoms with Crippen molar-refractivity contribution in [1.82, 2.24) is 9.88 Å². The van der Waals surface area contributed by atoms with Crippen molar-refractivity contribution in [3.05, 3.63) is 52.0 Å². The van der Waals surface area contributed by atoms with Crippen molar-refractivity contribution in [3.8, 4) is 6.07 Å². The highest BCUT2D eigenvalue weighted by Crippen LogP contribution is 2.15. The molecular weight excluding hydrogens is 254 g/mol. The van der Waals surface area contributed by atoms with Crippen LogP contribution in [-0.4, -0.2) is 23.0 Å². The second kappa shape index (κ2) is 6.46. The molecule has 0 bridgehead atoms. The van der Waals surface area contributed by atoms with Crippen molar-refractivity contribution in [1.29, 1.82) is 5.26 Å². The van der Waals surface area contributed by atoms with Gasteiger partial charge in [0.2, 0.25) is 0 Å². The van der Waals surface area contributed by atoms with Gasteiger partial charge in [0.1, 0.15) is 11.8 Å². The Balaban J connectivity index is 2.00. The molecule has 3 nitrogen and oxygen atoms in total. The molecule has 19 heavy (non-hydrogen) atoms. The van der Waals surface area contributed by atoms with E-state index in [1.807, 2.05) is 12.1 Å². The lowest BCUT2D eigenvalue weighted by Gasteiger charge is -2.24. The van der Waals surface area contributed by atoms with Gasteiger partial charge in [0.15, 0.2) is 0 Å². The van der Waals surface area contributed by atoms with Crippen LogP contribution in [0.2, 0.25) is 0 Å². The quantitative estimate of drug-likeness (QED) is 0.839. The van der Waals surface area contributed by atoms with Crippen LogP contribution in [0.15, 0.2) is 35.8 Å². The maximum atomic E-state index is 9.05. The van der Waals surface area contributed by atoms with Crippen molar-refractivity contribution in [2.24, 2.45) is 0 Å². The van der Waals surface area contributed by atoms with Gasteiger partial charge in [0.25, 0.3) is 0 Å². The summed E-state index contributed by atoms with van der Waals surface area (Å²) in [6, 6.07) is 10.7. The number of hydrogen-bond acceptors (Lipinski definition) is 4. The molecule has 0 aliphatic heterocycles. The molecular formula is C15H17N3S. The molecule has 2 heterocycles. The summed E-state index contributed by atoms with van der Waals surface area (Å²) in [4.78, 5) is 7.76. The van der Waals surface area contributed by atoms with E-state index in [1.165, 1.54) is 4.88 Å². The monoisotopic (exact) mass is 271 g/mol. The molecule has 0 aliphatic rings. The number of likely N-dealkylation sites (N-methyl/N-ethyl adjacent to an activating group) is 1. The third-order valence-corrected chi connectivity index (χ3v) is 4.14. The van der Waals surface area contributed by atoms with Crippen LogP contribution in [0.25, 0.3) is 0 Å². The van der Waals surface area contributed by atoms with Crippen molar-refractivity contribution in [2.75, 3.05) is 7.05 Å². The van der Waals surface area contributed by atoms with Crippen LogP contribution in [0.5, 0.6) is 0 Å². The van der Waals surface area contributed by atoms with E-state index < -0.39 is 0 Å². The molecule has 1 unspecified atom stereocenters. The lowest BCUT2D eigenvalue weighted by atomic mass is 10.1. The van der Waals surface area contributed by atoms with E-state index >= 15 is 0 Å². The average Bonchev–Trinajstić information content (AvgIpc) is 2.92. The largest absolute Gasteiger partial charge is 0.299 e. The smallest absolute Gasteiger partial charge is 0.144 e. The first-order valence-electron chi connectivity index (χ1n) is 6.27. The summed E-state index contributed by atoms with van der Waals surface area (Å²) in [6.07, 6.45) is 2.70. The molecule has 0 fully saturated rings. The molecule has 4 heteroatoms. The third-order valence-electron chi connectivity index (χ3n) is 3.25. The Labute approximate surface area is 118 Å². The zero-order valence-electron chi connectivity index (χ0n) is 11.2. The van der Waals surface area contributed by atoms with Crippen LogP contribution in [-0.2, 0) is 13.0 Å². The predicted molar refractivity (Wildman–Crippen MR) is 77.9 cm³/mol. The molecule has 0 N–H and O–H groups in total. The summed E-state index contributed by atoms with van der Waals surface area (Å²) in [6.45, 7) is 2.96. The first kappa shape index (κ1) is 13.7. The van der Waals surface area contributed by atoms with E-state index in [1.54, 1.807) is 17.5 Å². The molecule has 0 saturated carbocycles. The minimum Gasteiger partial charge on any atom is -0.299 e. The Morgan fingerprint density at radius 2 is 2.26 bits per heavy atom. The van der Waals surface area contributed by atoms with E-state index in [4.69, 9.17) is 5.26 Å². The molecule has 2 rings (SSSR count). The van der Waals surface area contributed by atoms with Crippen LogP contribution >= 0.6 is 11.3 Å². The van der Waals surface area contributed by atoms with E-state index in [2.05, 4.69) is 47.4 Å². The Morgan fingerprint density at radius 3 is 2.95 bits per heavy atom. The van der Waals surface area contributed by atoms with Crippen molar-refractivity contribution in [3.63, 3.8) is 0 Å². The Hall–Kier alpha value is -1.70. The van der Waals surface area contributed by atoms with Crippen LogP contribution in [0.1, 0.15) is 23.1 Å². The van der Waals surface area contributed by atoms with E-state index in [0.29, 0.717) is 11.7 Å². The fourth-order valence-corrected chi connectivity index (χ4v) is 2.79. The lowest BCUT2D eigenvalue weighted by molar-refractivity contribution is 0.248. The van der Waals surface area contributed by atoms with E-state index in [0.717, 1.165) is 18.5 Å². The van der Waals surface area contributed by atoms with Crippen molar-refractivity contribution in [2.45, 2.75) is 25.9 Å². The number of aromatic nitrogens is 1. The van der Waals surface area contributed by atoms with Gasteiger partial charge in [0, 0.05) is 29.2 Å². The molecule has 0 aliphatic carbocycles. The first-order chi connectivity index (χ1) is 9.20. The van der Waals surface area contributed by atoms with Gasteiger partial charge < -0.3 is 0 Å². The topological polar surface area (TPSA) is 39.9 Å². The van der Waals surface area contributed by atoms with Crippen LogP contribution in [0.4, 0.5) is 0 Å². The minimum absolute atomic E-state index is 0.436. The highest BCUT2D eigenvalue weighted by Gasteiger charge is 2.13. The molecule has 0 spiro atoms. The van der Waals surface area contributed by atoms with Gasteiger partial charge in [-0.3, -0.25) is 4.90 Å². The maximum Gasteiger partial charge on any atom is 0.144 e. The summed E-state index contributed by atoms with van der Waals surface area (Å²) in [5.74, 6) is 0. The Bertz CT molecular complexity index is 557. The predicted octanol–water partition coefficient (Wildman–Crippen LogP) is 3.08. The molecule has 0 saturated heterocycles. The van der Waals surface area contributed by atoms with Crippen LogP contribution in [0, 0.1) is 11.3 Å². The maximum absolute atomic E-state index is 9.05. The Morgan fingerprint density at radius 1 is 1.42 bits per heavy atom. The minimum atomic E-state index is 0.436. The average molecular weight is 271 g/mol. The number of pyridine rings is 1. The fraction of sp³-hybridized carbons (Fsp3) is 0.333. The van der Waals surface area contributed by atoms with Gasteiger partial charge in [-0.15, -0.1) is 11.3 Å². The van der Waals surface area contributed by atoms with Gasteiger partial charge in [-0.25, -0.2) is 4.98 Å². The van der Waals surface area contributed by atoms with Crippen molar-refractivity contribution >= 4 is 11.3 Å². The zero-order chi connectivity index (χ0) is 13.7. The molecule has 0 radical (unpaired) electrons. The van der Waals surface area contributed by atoms with Gasteiger partial charge >= 0.3 is 0 Å². The molecule has 98 valence electrons. The molecule has 0 amide bonds. The summed E-state index contributed by atoms with van der Waals surface area (Å²) in [5.41, 5.74) is 1.52. The number of nitriles is 1. The van der Waals surface area contributed by atoms with Gasteiger partial charge in [0.05, 0.1) is 0 Å². The summed E-state index contributed by atoms with van der Waals surface area (Å²) in [7, 11) is 2.09. The summed E-state index contributed by atoms with van der Waals surface area (Å²) >= 11 is 1.79. The lowest BCUT2D eigenvalue weighted by Crippen LogP contribution is -2.30. The SMILES string of the molecule is CC(Cc1cccs1)N(C)Cc1cccnc1C#N. The van der Waals surface area contributed by atoms with Gasteiger partial charge in [-0.2, -0.15) is 5.26 Å². The number of hydrogen-bond donors (Lipinski definition) is 0. The number of thiophene rings is 1. The highest BCUT2D eigenvalue weighted by molar-refractivity contribution is 7.09. The van der Waals surface area contributed by atoms with Crippen molar-refractivity contribution < 1.29 is 0 Å². The van der Waals surface area contributed by atoms with E-state index in [9.17, 15) is 0 Å². The van der Waals surface area contributed by atoms with Gasteiger partial charge in [-0.05, 0) is 37.9 Å². The highest BCUT2D eigenvalue weighted by atomic mass is 32.1. The second-order valence-electron chi connectivity index (χ2n) is 4.67. The summed E-state index contributed by atoms with van der Waals surface area (Å²) in [5, 5.41) is 11.2. The van der Waals surface area contributed by atoms with Crippen LogP contribution < -0.4 is 0 Å². The number of nitrogens with zero attached hydrogens (tertiary/aromatic N) is 3. The molecule has 2 aromatic heterocycles. The zero-order valence-corrected chi connectivity index (χ0v) is 12.0. The third kappa shape index (κ3) is 3.63. The molecule has 1 atom stereocenters. The normalized spacial score (nSPS) is 12.3. The summed E-state index contributed by atoms with van der Waals surface area (Å²) < 4.78 is 0. The number of rotatable bonds is 5. The Kier molecular flexibility index (Phi) is 4.67. The van der Waals surface area contributed by atoms with Gasteiger partial charge in [-0.1, -0.05) is 12.1 Å². The first-order valence-corrected chi connectivity index (χ1v) is 7.15. The molecule has 0 aromatic carbocycles.